The fraction of sp³-hybridized carbons (Fsp3) is 0.569. The maximum absolute atomic E-state index is 12.8. The van der Waals surface area contributed by atoms with Crippen LogP contribution in [0.3, 0.4) is 0 Å². The lowest BCUT2D eigenvalue weighted by Crippen LogP contribution is -2.44. The molecule has 0 aliphatic carbocycles. The van der Waals surface area contributed by atoms with Gasteiger partial charge in [-0.05, 0) is 109 Å². The maximum Gasteiger partial charge on any atom is 0.306 e. The number of allylic oxidation sites excluding steroid dienone is 22. The molecule has 9 heteroatoms. The van der Waals surface area contributed by atoms with Crippen LogP contribution in [0.4, 0.5) is 0 Å². The van der Waals surface area contributed by atoms with Gasteiger partial charge in [-0.25, -0.2) is 0 Å². The molecule has 0 aromatic heterocycles. The summed E-state index contributed by atoms with van der Waals surface area (Å²) in [5.41, 5.74) is 0. The molecule has 0 spiro atoms. The molecule has 0 aliphatic rings. The van der Waals surface area contributed by atoms with Gasteiger partial charge < -0.3 is 33.3 Å². The number of carbonyl (C=O) groups is 3. The van der Waals surface area contributed by atoms with Crippen molar-refractivity contribution in [2.24, 2.45) is 0 Å². The van der Waals surface area contributed by atoms with Crippen LogP contribution in [-0.4, -0.2) is 82.3 Å². The number of hydrogen-bond donors (Lipinski definition) is 0. The molecule has 0 heterocycles. The van der Waals surface area contributed by atoms with E-state index >= 15 is 0 Å². The number of rotatable bonds is 44. The second-order valence-electron chi connectivity index (χ2n) is 17.3. The molecule has 0 rings (SSSR count). The van der Waals surface area contributed by atoms with Crippen LogP contribution in [0.25, 0.3) is 0 Å². The Morgan fingerprint density at radius 3 is 1.22 bits per heavy atom. The Morgan fingerprint density at radius 2 is 0.806 bits per heavy atom. The van der Waals surface area contributed by atoms with Gasteiger partial charge in [-0.1, -0.05) is 167 Å². The van der Waals surface area contributed by atoms with Gasteiger partial charge in [-0.2, -0.15) is 0 Å². The Balaban J connectivity index is 4.45. The van der Waals surface area contributed by atoms with Crippen molar-refractivity contribution in [1.82, 2.24) is 0 Å². The van der Waals surface area contributed by atoms with E-state index in [-0.39, 0.29) is 32.7 Å². The van der Waals surface area contributed by atoms with Crippen LogP contribution in [0.5, 0.6) is 0 Å². The van der Waals surface area contributed by atoms with E-state index in [9.17, 15) is 19.5 Å². The standard InChI is InChI=1S/C58H91NO8/c1-6-8-10-12-14-16-18-20-22-23-24-25-26-27-28-29-30-31-32-33-35-37-39-41-43-45-47-49-56(61)67-54(53-66-58(57(62)63)64-51-50-59(3,4)5)52-65-55(60)48-46-44-42-40-38-36-34-21-19-17-15-13-11-9-7-2/h8-11,14-17,20-22,24-25,27-28,30-31,33-35,38,40,54,58H,6-7,12-13,18-19,23,26,29,32,36-37,39,41-53H2,1-5H3/b10-8-,11-9-,16-14-,17-15-,22-20-,25-24-,28-27-,31-30-,34-21-,35-33-,40-38-. The second kappa shape index (κ2) is 47.9. The lowest BCUT2D eigenvalue weighted by molar-refractivity contribution is -0.870. The van der Waals surface area contributed by atoms with Gasteiger partial charge in [-0.3, -0.25) is 9.59 Å². The smallest absolute Gasteiger partial charge is 0.306 e. The van der Waals surface area contributed by atoms with E-state index in [0.717, 1.165) is 116 Å². The van der Waals surface area contributed by atoms with E-state index in [0.29, 0.717) is 23.9 Å². The highest BCUT2D eigenvalue weighted by Gasteiger charge is 2.21. The van der Waals surface area contributed by atoms with Crippen molar-refractivity contribution in [1.29, 1.82) is 0 Å². The highest BCUT2D eigenvalue weighted by atomic mass is 16.7. The zero-order valence-electron chi connectivity index (χ0n) is 42.5. The van der Waals surface area contributed by atoms with Gasteiger partial charge in [-0.15, -0.1) is 0 Å². The zero-order valence-corrected chi connectivity index (χ0v) is 42.5. The minimum absolute atomic E-state index is 0.128. The molecule has 0 N–H and O–H groups in total. The van der Waals surface area contributed by atoms with Crippen molar-refractivity contribution < 1.29 is 42.9 Å². The van der Waals surface area contributed by atoms with Gasteiger partial charge in [0.2, 0.25) is 0 Å². The van der Waals surface area contributed by atoms with Gasteiger partial charge in [0.15, 0.2) is 12.4 Å². The second-order valence-corrected chi connectivity index (χ2v) is 17.3. The molecule has 0 fully saturated rings. The summed E-state index contributed by atoms with van der Waals surface area (Å²) in [4.78, 5) is 37.1. The fourth-order valence-electron chi connectivity index (χ4n) is 6.03. The van der Waals surface area contributed by atoms with Crippen molar-refractivity contribution in [3.8, 4) is 0 Å². The molecule has 2 atom stereocenters. The average molecular weight is 930 g/mol. The van der Waals surface area contributed by atoms with Crippen LogP contribution in [0.15, 0.2) is 134 Å². The number of ether oxygens (including phenoxy) is 4. The first kappa shape index (κ1) is 62.4. The van der Waals surface area contributed by atoms with Gasteiger partial charge >= 0.3 is 11.9 Å². The molecule has 0 saturated carbocycles. The molecular weight excluding hydrogens is 839 g/mol. The van der Waals surface area contributed by atoms with Crippen molar-refractivity contribution in [3.05, 3.63) is 134 Å². The van der Waals surface area contributed by atoms with Crippen LogP contribution in [0.2, 0.25) is 0 Å². The van der Waals surface area contributed by atoms with Crippen LogP contribution >= 0.6 is 0 Å². The van der Waals surface area contributed by atoms with E-state index in [2.05, 4.69) is 148 Å². The zero-order chi connectivity index (χ0) is 49.2. The Kier molecular flexibility index (Phi) is 44.6. The molecule has 376 valence electrons. The van der Waals surface area contributed by atoms with E-state index in [1.807, 2.05) is 21.1 Å². The monoisotopic (exact) mass is 930 g/mol. The molecule has 2 unspecified atom stereocenters. The van der Waals surface area contributed by atoms with E-state index in [4.69, 9.17) is 18.9 Å². The Morgan fingerprint density at radius 1 is 0.448 bits per heavy atom. The van der Waals surface area contributed by atoms with Crippen LogP contribution in [0, 0.1) is 0 Å². The maximum atomic E-state index is 12.8. The van der Waals surface area contributed by atoms with Crippen molar-refractivity contribution >= 4 is 17.9 Å². The molecule has 0 aliphatic heterocycles. The summed E-state index contributed by atoms with van der Waals surface area (Å²) in [5.74, 6) is -2.39. The van der Waals surface area contributed by atoms with Crippen molar-refractivity contribution in [2.45, 2.75) is 167 Å². The van der Waals surface area contributed by atoms with Crippen LogP contribution in [-0.2, 0) is 33.3 Å². The summed E-state index contributed by atoms with van der Waals surface area (Å²) >= 11 is 0. The minimum Gasteiger partial charge on any atom is -0.545 e. The SMILES string of the molecule is CC/C=C\C/C=C\C/C=C\C/C=C\C/C=C\C/C=C\C/C=C\CCCCCCCC(=O)OC(COC(=O)CCCC/C=C\C/C=C\C/C=C\C/C=C\CC)COC(OCC[N+](C)(C)C)C(=O)[O-]. The largest absolute Gasteiger partial charge is 0.545 e. The molecule has 0 radical (unpaired) electrons. The summed E-state index contributed by atoms with van der Waals surface area (Å²) in [6, 6.07) is 0. The molecule has 0 aromatic rings. The lowest BCUT2D eigenvalue weighted by atomic mass is 10.1. The Labute approximate surface area is 408 Å². The highest BCUT2D eigenvalue weighted by molar-refractivity contribution is 5.70. The number of quaternary nitrogens is 1. The summed E-state index contributed by atoms with van der Waals surface area (Å²) in [6.07, 6.45) is 64.9. The number of esters is 2. The van der Waals surface area contributed by atoms with Gasteiger partial charge in [0.05, 0.1) is 40.3 Å². The summed E-state index contributed by atoms with van der Waals surface area (Å²) < 4.78 is 22.5. The third kappa shape index (κ3) is 49.2. The Hall–Kier alpha value is -4.57. The van der Waals surface area contributed by atoms with Gasteiger partial charge in [0, 0.05) is 12.8 Å². The fourth-order valence-corrected chi connectivity index (χ4v) is 6.03. The first-order valence-electron chi connectivity index (χ1n) is 25.3. The van der Waals surface area contributed by atoms with Gasteiger partial charge in [0.1, 0.15) is 13.2 Å². The number of aliphatic carboxylic acids is 1. The number of nitrogens with zero attached hydrogens (tertiary/aromatic N) is 1. The molecule has 0 bridgehead atoms. The molecule has 9 nitrogen and oxygen atoms in total. The summed E-state index contributed by atoms with van der Waals surface area (Å²) in [5, 5.41) is 11.7. The molecule has 67 heavy (non-hydrogen) atoms. The first-order chi connectivity index (χ1) is 32.6. The normalized spacial score (nSPS) is 14.0. The number of likely N-dealkylation sites (N-methyl/N-ethyl adjacent to an activating group) is 1. The topological polar surface area (TPSA) is 111 Å². The number of carboxylic acid groups (broad SMARTS) is 1. The molecule has 0 aromatic carbocycles. The van der Waals surface area contributed by atoms with E-state index in [1.54, 1.807) is 0 Å². The number of carboxylic acids is 1. The first-order valence-corrected chi connectivity index (χ1v) is 25.3. The van der Waals surface area contributed by atoms with E-state index < -0.39 is 30.3 Å². The van der Waals surface area contributed by atoms with Gasteiger partial charge in [0.25, 0.3) is 0 Å². The average Bonchev–Trinajstić information content (AvgIpc) is 3.29. The quantitative estimate of drug-likeness (QED) is 0.0195. The summed E-state index contributed by atoms with van der Waals surface area (Å²) in [7, 11) is 5.88. The lowest BCUT2D eigenvalue weighted by Gasteiger charge is -2.26. The third-order valence-electron chi connectivity index (χ3n) is 9.89. The predicted octanol–water partition coefficient (Wildman–Crippen LogP) is 13.0. The number of hydrogen-bond acceptors (Lipinski definition) is 8. The van der Waals surface area contributed by atoms with Crippen molar-refractivity contribution in [2.75, 3.05) is 47.5 Å². The van der Waals surface area contributed by atoms with Crippen LogP contribution in [0.1, 0.15) is 155 Å². The number of unbranched alkanes of at least 4 members (excludes halogenated alkanes) is 7. The molecule has 0 saturated heterocycles. The molecular formula is C58H91NO8. The highest BCUT2D eigenvalue weighted by Crippen LogP contribution is 2.11. The predicted molar refractivity (Wildman–Crippen MR) is 278 cm³/mol. The molecule has 0 amide bonds. The van der Waals surface area contributed by atoms with Crippen molar-refractivity contribution in [3.63, 3.8) is 0 Å². The van der Waals surface area contributed by atoms with Crippen LogP contribution < -0.4 is 5.11 Å². The summed E-state index contributed by atoms with van der Waals surface area (Å²) in [6.45, 7) is 4.40. The number of carbonyl (C=O) groups excluding carboxylic acids is 3. The minimum atomic E-state index is -1.65. The Bertz CT molecular complexity index is 1550. The van der Waals surface area contributed by atoms with E-state index in [1.165, 1.54) is 0 Å². The third-order valence-corrected chi connectivity index (χ3v) is 9.89.